The SMILES string of the molecule is CCCSC(=O)c1c(C2CCCCC2)cc(C2CCCCC2)cc1C1CCCCC1. The van der Waals surface area contributed by atoms with Gasteiger partial charge >= 0.3 is 0 Å². The zero-order chi connectivity index (χ0) is 20.8. The maximum absolute atomic E-state index is 13.6. The van der Waals surface area contributed by atoms with Crippen LogP contribution in [0.2, 0.25) is 0 Å². The van der Waals surface area contributed by atoms with Gasteiger partial charge in [0.15, 0.2) is 0 Å². The highest BCUT2D eigenvalue weighted by Gasteiger charge is 2.30. The van der Waals surface area contributed by atoms with Crippen LogP contribution < -0.4 is 0 Å². The molecule has 0 unspecified atom stereocenters. The minimum Gasteiger partial charge on any atom is -0.282 e. The number of rotatable bonds is 6. The van der Waals surface area contributed by atoms with Gasteiger partial charge < -0.3 is 0 Å². The van der Waals surface area contributed by atoms with Gasteiger partial charge in [-0.05, 0) is 79.4 Å². The molecule has 0 atom stereocenters. The van der Waals surface area contributed by atoms with E-state index in [2.05, 4.69) is 19.1 Å². The molecule has 1 aromatic rings. The molecule has 4 rings (SSSR count). The Hall–Kier alpha value is -0.760. The average molecular weight is 427 g/mol. The molecule has 0 amide bonds. The van der Waals surface area contributed by atoms with Gasteiger partial charge in [0.05, 0.1) is 0 Å². The van der Waals surface area contributed by atoms with E-state index in [1.165, 1.54) is 113 Å². The van der Waals surface area contributed by atoms with Gasteiger partial charge in [0, 0.05) is 11.3 Å². The number of carbonyl (C=O) groups is 1. The summed E-state index contributed by atoms with van der Waals surface area (Å²) in [6.45, 7) is 2.19. The minimum atomic E-state index is 0.383. The standard InChI is InChI=1S/C28H42OS/c1-2-18-30-28(29)27-25(22-14-8-4-9-15-22)19-24(21-12-6-3-7-13-21)20-26(27)23-16-10-5-11-17-23/h19-23H,2-18H2,1H3. The molecule has 30 heavy (non-hydrogen) atoms. The lowest BCUT2D eigenvalue weighted by Crippen LogP contribution is -2.18. The summed E-state index contributed by atoms with van der Waals surface area (Å²) in [6.07, 6.45) is 21.2. The third kappa shape index (κ3) is 5.34. The number of carbonyl (C=O) groups excluding carboxylic acids is 1. The molecule has 0 aliphatic heterocycles. The van der Waals surface area contributed by atoms with Gasteiger partial charge in [-0.15, -0.1) is 0 Å². The molecule has 1 aromatic carbocycles. The first-order chi connectivity index (χ1) is 14.8. The summed E-state index contributed by atoms with van der Waals surface area (Å²) >= 11 is 1.59. The van der Waals surface area contributed by atoms with Crippen LogP contribution in [0.25, 0.3) is 0 Å². The second-order valence-corrected chi connectivity index (χ2v) is 11.3. The Bertz CT molecular complexity index is 652. The fourth-order valence-electron chi connectivity index (χ4n) is 6.36. The number of hydrogen-bond acceptors (Lipinski definition) is 2. The fraction of sp³-hybridized carbons (Fsp3) is 0.750. The summed E-state index contributed by atoms with van der Waals surface area (Å²) < 4.78 is 0. The minimum absolute atomic E-state index is 0.383. The summed E-state index contributed by atoms with van der Waals surface area (Å²) in [5.41, 5.74) is 5.69. The smallest absolute Gasteiger partial charge is 0.219 e. The molecular formula is C28H42OS. The van der Waals surface area contributed by atoms with Crippen molar-refractivity contribution in [3.8, 4) is 0 Å². The van der Waals surface area contributed by atoms with Crippen molar-refractivity contribution in [3.05, 3.63) is 34.4 Å². The van der Waals surface area contributed by atoms with Crippen molar-refractivity contribution >= 4 is 16.9 Å². The van der Waals surface area contributed by atoms with Crippen molar-refractivity contribution in [2.75, 3.05) is 5.75 Å². The molecule has 3 aliphatic rings. The van der Waals surface area contributed by atoms with E-state index in [1.54, 1.807) is 17.3 Å². The maximum Gasteiger partial charge on any atom is 0.219 e. The molecule has 0 aromatic heterocycles. The van der Waals surface area contributed by atoms with Crippen LogP contribution in [0, 0.1) is 0 Å². The predicted molar refractivity (Wildman–Crippen MR) is 131 cm³/mol. The second-order valence-electron chi connectivity index (χ2n) is 10.2. The highest BCUT2D eigenvalue weighted by molar-refractivity contribution is 8.14. The summed E-state index contributed by atoms with van der Waals surface area (Å²) in [7, 11) is 0. The van der Waals surface area contributed by atoms with Gasteiger partial charge in [-0.1, -0.05) is 88.6 Å². The predicted octanol–water partition coefficient (Wildman–Crippen LogP) is 9.11. The second kappa shape index (κ2) is 11.2. The van der Waals surface area contributed by atoms with Crippen molar-refractivity contribution < 1.29 is 4.79 Å². The van der Waals surface area contributed by atoms with Gasteiger partial charge in [-0.2, -0.15) is 0 Å². The topological polar surface area (TPSA) is 17.1 Å². The van der Waals surface area contributed by atoms with Crippen LogP contribution in [0.4, 0.5) is 0 Å². The Balaban J connectivity index is 1.78. The highest BCUT2D eigenvalue weighted by Crippen LogP contribution is 2.44. The summed E-state index contributed by atoms with van der Waals surface area (Å²) in [5.74, 6) is 2.92. The zero-order valence-corrected chi connectivity index (χ0v) is 20.0. The van der Waals surface area contributed by atoms with E-state index in [0.29, 0.717) is 17.0 Å². The Labute approximate surface area is 189 Å². The molecule has 0 radical (unpaired) electrons. The van der Waals surface area contributed by atoms with E-state index in [1.807, 2.05) is 0 Å². The first-order valence-corrected chi connectivity index (χ1v) is 14.1. The zero-order valence-electron chi connectivity index (χ0n) is 19.2. The van der Waals surface area contributed by atoms with Crippen molar-refractivity contribution in [2.24, 2.45) is 0 Å². The summed E-state index contributed by atoms with van der Waals surface area (Å²) in [6, 6.07) is 5.08. The normalized spacial score (nSPS) is 22.3. The van der Waals surface area contributed by atoms with E-state index in [0.717, 1.165) is 18.1 Å². The van der Waals surface area contributed by atoms with E-state index in [-0.39, 0.29) is 0 Å². The molecule has 0 bridgehead atoms. The molecule has 3 fully saturated rings. The Morgan fingerprint density at radius 3 is 1.60 bits per heavy atom. The van der Waals surface area contributed by atoms with E-state index in [4.69, 9.17) is 0 Å². The molecule has 0 N–H and O–H groups in total. The summed E-state index contributed by atoms with van der Waals surface area (Å²) in [5, 5.41) is 0.383. The molecular weight excluding hydrogens is 384 g/mol. The molecule has 166 valence electrons. The Morgan fingerprint density at radius 2 is 1.17 bits per heavy atom. The highest BCUT2D eigenvalue weighted by atomic mass is 32.2. The van der Waals surface area contributed by atoms with Crippen LogP contribution in [0.5, 0.6) is 0 Å². The molecule has 0 saturated heterocycles. The molecule has 2 heteroatoms. The molecule has 0 spiro atoms. The van der Waals surface area contributed by atoms with Crippen LogP contribution in [0.1, 0.15) is 154 Å². The molecule has 3 saturated carbocycles. The Kier molecular flexibility index (Phi) is 8.38. The monoisotopic (exact) mass is 426 g/mol. The van der Waals surface area contributed by atoms with Crippen molar-refractivity contribution in [1.29, 1.82) is 0 Å². The number of thioether (sulfide) groups is 1. The molecule has 1 nitrogen and oxygen atoms in total. The lowest BCUT2D eigenvalue weighted by molar-refractivity contribution is 0.108. The van der Waals surface area contributed by atoms with E-state index in [9.17, 15) is 4.79 Å². The third-order valence-electron chi connectivity index (χ3n) is 8.03. The third-order valence-corrected chi connectivity index (χ3v) is 9.11. The van der Waals surface area contributed by atoms with Crippen LogP contribution in [0.15, 0.2) is 12.1 Å². The van der Waals surface area contributed by atoms with Gasteiger partial charge in [0.25, 0.3) is 0 Å². The van der Waals surface area contributed by atoms with Crippen LogP contribution in [0.3, 0.4) is 0 Å². The van der Waals surface area contributed by atoms with Gasteiger partial charge in [-0.25, -0.2) is 0 Å². The van der Waals surface area contributed by atoms with Crippen molar-refractivity contribution in [1.82, 2.24) is 0 Å². The largest absolute Gasteiger partial charge is 0.282 e. The Morgan fingerprint density at radius 1 is 0.733 bits per heavy atom. The van der Waals surface area contributed by atoms with Gasteiger partial charge in [0.1, 0.15) is 0 Å². The fourth-order valence-corrected chi connectivity index (χ4v) is 7.13. The van der Waals surface area contributed by atoms with Gasteiger partial charge in [0.2, 0.25) is 5.12 Å². The number of hydrogen-bond donors (Lipinski definition) is 0. The quantitative estimate of drug-likeness (QED) is 0.451. The summed E-state index contributed by atoms with van der Waals surface area (Å²) in [4.78, 5) is 13.6. The first kappa shape index (κ1) is 22.4. The van der Waals surface area contributed by atoms with Crippen molar-refractivity contribution in [2.45, 2.75) is 127 Å². The van der Waals surface area contributed by atoms with Crippen LogP contribution >= 0.6 is 11.8 Å². The van der Waals surface area contributed by atoms with E-state index < -0.39 is 0 Å². The van der Waals surface area contributed by atoms with Crippen LogP contribution in [-0.2, 0) is 0 Å². The molecule has 3 aliphatic carbocycles. The maximum atomic E-state index is 13.6. The van der Waals surface area contributed by atoms with E-state index >= 15 is 0 Å². The lowest BCUT2D eigenvalue weighted by Gasteiger charge is -2.32. The van der Waals surface area contributed by atoms with Gasteiger partial charge in [-0.3, -0.25) is 4.79 Å². The molecule has 0 heterocycles. The lowest BCUT2D eigenvalue weighted by atomic mass is 9.73. The van der Waals surface area contributed by atoms with Crippen LogP contribution in [-0.4, -0.2) is 10.9 Å². The van der Waals surface area contributed by atoms with Crippen molar-refractivity contribution in [3.63, 3.8) is 0 Å². The number of benzene rings is 1. The first-order valence-electron chi connectivity index (χ1n) is 13.1. The average Bonchev–Trinajstić information content (AvgIpc) is 2.83.